The van der Waals surface area contributed by atoms with Gasteiger partial charge in [0.2, 0.25) is 0 Å². The van der Waals surface area contributed by atoms with Crippen LogP contribution in [0.25, 0.3) is 0 Å². The third kappa shape index (κ3) is 2.63. The van der Waals surface area contributed by atoms with E-state index in [0.29, 0.717) is 0 Å². The van der Waals surface area contributed by atoms with Gasteiger partial charge in [0.15, 0.2) is 0 Å². The molecule has 5 heteroatoms. The zero-order chi connectivity index (χ0) is 13.1. The van der Waals surface area contributed by atoms with Crippen LogP contribution in [0.15, 0.2) is 39.8 Å². The molecule has 1 aromatic heterocycles. The molecule has 18 heavy (non-hydrogen) atoms. The van der Waals surface area contributed by atoms with Crippen molar-refractivity contribution in [1.29, 1.82) is 0 Å². The third-order valence-electron chi connectivity index (χ3n) is 2.90. The average molecular weight is 326 g/mol. The van der Waals surface area contributed by atoms with Crippen LogP contribution in [0.3, 0.4) is 0 Å². The van der Waals surface area contributed by atoms with Crippen molar-refractivity contribution in [2.75, 3.05) is 6.26 Å². The molecule has 0 amide bonds. The average Bonchev–Trinajstić information content (AvgIpc) is 2.79. The summed E-state index contributed by atoms with van der Waals surface area (Å²) in [6.45, 7) is 2.88. The molecule has 2 aromatic rings. The van der Waals surface area contributed by atoms with Gasteiger partial charge in [-0.15, -0.1) is 11.8 Å². The Hall–Kier alpha value is -0.780. The second-order valence-corrected chi connectivity index (χ2v) is 5.68. The number of hydrogen-bond acceptors (Lipinski definition) is 3. The molecular weight excluding hydrogens is 310 g/mol. The van der Waals surface area contributed by atoms with E-state index in [4.69, 9.17) is 5.73 Å². The first-order valence-corrected chi connectivity index (χ1v) is 7.79. The Morgan fingerprint density at radius 1 is 1.39 bits per heavy atom. The summed E-state index contributed by atoms with van der Waals surface area (Å²) in [7, 11) is 0. The number of halogens is 1. The molecule has 2 rings (SSSR count). The maximum absolute atomic E-state index is 6.33. The van der Waals surface area contributed by atoms with Crippen LogP contribution < -0.4 is 5.73 Å². The molecule has 0 bridgehead atoms. The van der Waals surface area contributed by atoms with E-state index in [1.807, 2.05) is 4.68 Å². The Morgan fingerprint density at radius 2 is 2.06 bits per heavy atom. The number of nitrogens with zero attached hydrogens (tertiary/aromatic N) is 2. The monoisotopic (exact) mass is 325 g/mol. The Kier molecular flexibility index (Phi) is 4.48. The molecule has 0 aliphatic heterocycles. The molecule has 0 spiro atoms. The van der Waals surface area contributed by atoms with Crippen molar-refractivity contribution in [3.63, 3.8) is 0 Å². The fraction of sp³-hybridized carbons (Fsp3) is 0.308. The van der Waals surface area contributed by atoms with Crippen LogP contribution in [0.4, 0.5) is 0 Å². The number of hydrogen-bond donors (Lipinski definition) is 1. The minimum Gasteiger partial charge on any atom is -0.319 e. The van der Waals surface area contributed by atoms with Crippen molar-refractivity contribution >= 4 is 27.7 Å². The number of rotatable bonds is 4. The van der Waals surface area contributed by atoms with Crippen LogP contribution in [0.2, 0.25) is 0 Å². The van der Waals surface area contributed by atoms with Crippen LogP contribution >= 0.6 is 27.7 Å². The van der Waals surface area contributed by atoms with E-state index < -0.39 is 0 Å². The summed E-state index contributed by atoms with van der Waals surface area (Å²) in [6.07, 6.45) is 3.87. The highest BCUT2D eigenvalue weighted by Crippen LogP contribution is 2.27. The number of benzene rings is 1. The molecule has 1 aromatic carbocycles. The molecule has 1 atom stereocenters. The lowest BCUT2D eigenvalue weighted by molar-refractivity contribution is 0.599. The molecule has 0 saturated heterocycles. The van der Waals surface area contributed by atoms with Gasteiger partial charge in [-0.05, 0) is 46.8 Å². The zero-order valence-electron chi connectivity index (χ0n) is 10.4. The summed E-state index contributed by atoms with van der Waals surface area (Å²) < 4.78 is 2.89. The van der Waals surface area contributed by atoms with Crippen LogP contribution in [0, 0.1) is 0 Å². The van der Waals surface area contributed by atoms with Gasteiger partial charge < -0.3 is 5.73 Å². The zero-order valence-corrected chi connectivity index (χ0v) is 12.8. The lowest BCUT2D eigenvalue weighted by atomic mass is 10.0. The molecule has 1 unspecified atom stereocenters. The predicted octanol–water partition coefficient (Wildman–Crippen LogP) is 3.44. The Bertz CT molecular complexity index is 522. The van der Waals surface area contributed by atoms with E-state index in [-0.39, 0.29) is 6.04 Å². The second-order valence-electron chi connectivity index (χ2n) is 3.94. The van der Waals surface area contributed by atoms with Gasteiger partial charge in [-0.1, -0.05) is 12.1 Å². The van der Waals surface area contributed by atoms with Crippen LogP contribution in [0.5, 0.6) is 0 Å². The first kappa shape index (κ1) is 13.6. The first-order chi connectivity index (χ1) is 8.67. The molecular formula is C13H16BrN3S. The number of aryl methyl sites for hydroxylation is 1. The maximum atomic E-state index is 6.33. The van der Waals surface area contributed by atoms with E-state index in [1.54, 1.807) is 18.0 Å². The van der Waals surface area contributed by atoms with E-state index in [1.165, 1.54) is 4.90 Å². The molecule has 0 fully saturated rings. The Morgan fingerprint density at radius 3 is 2.61 bits per heavy atom. The standard InChI is InChI=1S/C13H16BrN3S/c1-3-17-13(11(14)8-16-17)12(15)9-4-6-10(18-2)7-5-9/h4-8,12H,3,15H2,1-2H3. The molecule has 0 radical (unpaired) electrons. The van der Waals surface area contributed by atoms with Gasteiger partial charge in [0.05, 0.1) is 22.4 Å². The Balaban J connectivity index is 2.34. The van der Waals surface area contributed by atoms with Crippen molar-refractivity contribution in [2.24, 2.45) is 5.73 Å². The minimum absolute atomic E-state index is 0.155. The largest absolute Gasteiger partial charge is 0.319 e. The summed E-state index contributed by atoms with van der Waals surface area (Å²) >= 11 is 5.25. The highest BCUT2D eigenvalue weighted by molar-refractivity contribution is 9.10. The highest BCUT2D eigenvalue weighted by Gasteiger charge is 2.17. The van der Waals surface area contributed by atoms with Gasteiger partial charge in [-0.3, -0.25) is 4.68 Å². The lowest BCUT2D eigenvalue weighted by Gasteiger charge is -2.15. The van der Waals surface area contributed by atoms with Gasteiger partial charge in [0.1, 0.15) is 0 Å². The highest BCUT2D eigenvalue weighted by atomic mass is 79.9. The normalized spacial score (nSPS) is 12.7. The minimum atomic E-state index is -0.155. The fourth-order valence-electron chi connectivity index (χ4n) is 1.90. The van der Waals surface area contributed by atoms with Gasteiger partial charge in [0, 0.05) is 11.4 Å². The SMILES string of the molecule is CCn1ncc(Br)c1C(N)c1ccc(SC)cc1. The van der Waals surface area contributed by atoms with E-state index in [0.717, 1.165) is 22.3 Å². The van der Waals surface area contributed by atoms with E-state index in [2.05, 4.69) is 58.5 Å². The molecule has 0 aliphatic carbocycles. The summed E-state index contributed by atoms with van der Waals surface area (Å²) in [4.78, 5) is 1.24. The first-order valence-electron chi connectivity index (χ1n) is 5.78. The number of aromatic nitrogens is 2. The van der Waals surface area contributed by atoms with Crippen molar-refractivity contribution in [3.05, 3.63) is 46.2 Å². The summed E-state index contributed by atoms with van der Waals surface area (Å²) in [6, 6.07) is 8.20. The summed E-state index contributed by atoms with van der Waals surface area (Å²) in [5.41, 5.74) is 8.46. The quantitative estimate of drug-likeness (QED) is 0.876. The van der Waals surface area contributed by atoms with Crippen molar-refractivity contribution in [3.8, 4) is 0 Å². The van der Waals surface area contributed by atoms with Crippen LogP contribution in [0.1, 0.15) is 24.2 Å². The van der Waals surface area contributed by atoms with Gasteiger partial charge >= 0.3 is 0 Å². The molecule has 0 saturated carbocycles. The molecule has 2 N–H and O–H groups in total. The van der Waals surface area contributed by atoms with Gasteiger partial charge in [0.25, 0.3) is 0 Å². The second kappa shape index (κ2) is 5.91. The molecule has 0 aliphatic rings. The van der Waals surface area contributed by atoms with Crippen molar-refractivity contribution in [2.45, 2.75) is 24.4 Å². The van der Waals surface area contributed by atoms with Gasteiger partial charge in [-0.25, -0.2) is 0 Å². The Labute approximate surface area is 120 Å². The molecule has 3 nitrogen and oxygen atoms in total. The smallest absolute Gasteiger partial charge is 0.0738 e. The van der Waals surface area contributed by atoms with Crippen LogP contribution in [-0.2, 0) is 6.54 Å². The van der Waals surface area contributed by atoms with Crippen LogP contribution in [-0.4, -0.2) is 16.0 Å². The predicted molar refractivity (Wildman–Crippen MR) is 79.9 cm³/mol. The number of thioether (sulfide) groups is 1. The topological polar surface area (TPSA) is 43.8 Å². The third-order valence-corrected chi connectivity index (χ3v) is 4.26. The van der Waals surface area contributed by atoms with E-state index in [9.17, 15) is 0 Å². The summed E-state index contributed by atoms with van der Waals surface area (Å²) in [5.74, 6) is 0. The summed E-state index contributed by atoms with van der Waals surface area (Å²) in [5, 5.41) is 4.30. The van der Waals surface area contributed by atoms with E-state index >= 15 is 0 Å². The lowest BCUT2D eigenvalue weighted by Crippen LogP contribution is -2.17. The van der Waals surface area contributed by atoms with Gasteiger partial charge in [-0.2, -0.15) is 5.10 Å². The van der Waals surface area contributed by atoms with Crippen molar-refractivity contribution in [1.82, 2.24) is 9.78 Å². The van der Waals surface area contributed by atoms with Crippen molar-refractivity contribution < 1.29 is 0 Å². The maximum Gasteiger partial charge on any atom is 0.0738 e. The molecule has 96 valence electrons. The molecule has 1 heterocycles. The fourth-order valence-corrected chi connectivity index (χ4v) is 2.85. The number of nitrogens with two attached hydrogens (primary N) is 1.